The van der Waals surface area contributed by atoms with E-state index >= 15 is 0 Å². The number of nitrogens with zero attached hydrogens (tertiary/aromatic N) is 2. The standard InChI is InChI=1S/C18H26N4O23P4.CH4/c23-9-1-3-21(17(29)19-9)15-13(27)11(25)7(41-15)5-39-46(31,32)43-48(35,36)45-49(37,38)44-47(33,34)40-6-8-12(26)14(28)16(42-8)22-4-2-10(24)20-18(22)30;/h1-4,7-8,11-16,25-28H,5-6H2,(H,31,32)(H,33,34)(H,35,36)(H,37,38)(H,19,23,29)(H,20,24,30);1H4/t7-,8-,11-,12-,13-,14-,15-,16-;/m1./s1. The van der Waals surface area contributed by atoms with Gasteiger partial charge < -0.3 is 49.5 Å². The number of aromatic amines is 2. The SMILES string of the molecule is C.O=c1ccn([C@@H]2O[C@H](COP(=O)(O)OP(=O)(O)OP(=O)(O)OP(=O)(O)OC[C@H]3O[C@@H](n4ccc(=O)[nH]c4=O)[C@H](O)[C@@H]3O)[C@@H](O)[C@H]2O)c(=O)[nH]1. The normalized spacial score (nSPS) is 31.5. The van der Waals surface area contributed by atoms with Gasteiger partial charge in [0.25, 0.3) is 11.1 Å². The monoisotopic (exact) mass is 806 g/mol. The van der Waals surface area contributed by atoms with E-state index in [-0.39, 0.29) is 7.43 Å². The zero-order valence-corrected chi connectivity index (χ0v) is 27.3. The van der Waals surface area contributed by atoms with E-state index in [1.54, 1.807) is 0 Å². The van der Waals surface area contributed by atoms with Gasteiger partial charge in [-0.2, -0.15) is 12.9 Å². The molecule has 2 aromatic rings. The first kappa shape index (κ1) is 42.1. The third-order valence-electron chi connectivity index (χ3n) is 6.35. The number of aliphatic hydroxyl groups is 4. The molecule has 4 rings (SSSR count). The van der Waals surface area contributed by atoms with Gasteiger partial charge in [0, 0.05) is 24.5 Å². The summed E-state index contributed by atoms with van der Waals surface area (Å²) in [5.41, 5.74) is -3.78. The number of hydrogen-bond donors (Lipinski definition) is 10. The molecule has 12 atom stereocenters. The molecular formula is C19H30N4O23P4. The Morgan fingerprint density at radius 1 is 0.600 bits per heavy atom. The molecule has 10 N–H and O–H groups in total. The first-order valence-electron chi connectivity index (χ1n) is 12.9. The summed E-state index contributed by atoms with van der Waals surface area (Å²) in [5, 5.41) is 40.7. The van der Waals surface area contributed by atoms with Crippen LogP contribution in [0.4, 0.5) is 0 Å². The summed E-state index contributed by atoms with van der Waals surface area (Å²) in [6.07, 6.45) is -12.6. The van der Waals surface area contributed by atoms with Gasteiger partial charge in [0.15, 0.2) is 12.5 Å². The first-order valence-corrected chi connectivity index (χ1v) is 18.9. The van der Waals surface area contributed by atoms with Crippen molar-refractivity contribution in [1.29, 1.82) is 0 Å². The van der Waals surface area contributed by atoms with Gasteiger partial charge in [-0.1, -0.05) is 7.43 Å². The quantitative estimate of drug-likeness (QED) is 0.0826. The molecule has 0 saturated carbocycles. The van der Waals surface area contributed by atoms with Crippen LogP contribution in [-0.4, -0.2) is 109 Å². The van der Waals surface area contributed by atoms with Gasteiger partial charge in [0.2, 0.25) is 0 Å². The second-order valence-electron chi connectivity index (χ2n) is 9.84. The second kappa shape index (κ2) is 15.7. The summed E-state index contributed by atoms with van der Waals surface area (Å²) in [6, 6.07) is 1.73. The maximum absolute atomic E-state index is 12.2. The van der Waals surface area contributed by atoms with Gasteiger partial charge in [0.1, 0.15) is 36.6 Å². The highest BCUT2D eigenvalue weighted by Crippen LogP contribution is 2.71. The molecule has 2 fully saturated rings. The highest BCUT2D eigenvalue weighted by Gasteiger charge is 2.49. The maximum Gasteiger partial charge on any atom is 0.490 e. The van der Waals surface area contributed by atoms with Crippen molar-refractivity contribution in [2.24, 2.45) is 0 Å². The van der Waals surface area contributed by atoms with Crippen molar-refractivity contribution in [2.45, 2.75) is 56.5 Å². The van der Waals surface area contributed by atoms with Crippen molar-refractivity contribution in [3.63, 3.8) is 0 Å². The zero-order valence-electron chi connectivity index (χ0n) is 23.7. The lowest BCUT2D eigenvalue weighted by atomic mass is 10.1. The Bertz CT molecular complexity index is 1820. The van der Waals surface area contributed by atoms with Gasteiger partial charge in [-0.15, -0.1) is 0 Å². The molecule has 0 spiro atoms. The minimum atomic E-state index is -6.24. The Morgan fingerprint density at radius 2 is 0.920 bits per heavy atom. The summed E-state index contributed by atoms with van der Waals surface area (Å²) in [5.74, 6) is 0. The molecular weight excluding hydrogens is 776 g/mol. The Hall–Kier alpha value is -2.32. The molecule has 4 heterocycles. The van der Waals surface area contributed by atoms with Crippen LogP contribution in [0.1, 0.15) is 19.9 Å². The van der Waals surface area contributed by atoms with E-state index in [0.29, 0.717) is 9.13 Å². The molecule has 50 heavy (non-hydrogen) atoms. The van der Waals surface area contributed by atoms with Crippen LogP contribution in [0.5, 0.6) is 0 Å². The van der Waals surface area contributed by atoms with E-state index in [1.165, 1.54) is 0 Å². The minimum Gasteiger partial charge on any atom is -0.387 e. The molecule has 2 aliphatic rings. The van der Waals surface area contributed by atoms with Gasteiger partial charge in [-0.25, -0.2) is 27.8 Å². The van der Waals surface area contributed by atoms with Crippen LogP contribution in [0.2, 0.25) is 0 Å². The van der Waals surface area contributed by atoms with E-state index in [2.05, 4.69) is 22.0 Å². The second-order valence-corrected chi connectivity index (χ2v) is 16.1. The van der Waals surface area contributed by atoms with Crippen molar-refractivity contribution in [1.82, 2.24) is 19.1 Å². The van der Waals surface area contributed by atoms with Gasteiger partial charge in [-0.05, 0) is 0 Å². The highest BCUT2D eigenvalue weighted by molar-refractivity contribution is 7.69. The largest absolute Gasteiger partial charge is 0.490 e. The lowest BCUT2D eigenvalue weighted by molar-refractivity contribution is -0.0544. The molecule has 0 radical (unpaired) electrons. The van der Waals surface area contributed by atoms with E-state index in [4.69, 9.17) is 9.47 Å². The van der Waals surface area contributed by atoms with Gasteiger partial charge >= 0.3 is 42.7 Å². The van der Waals surface area contributed by atoms with E-state index in [0.717, 1.165) is 24.5 Å². The molecule has 31 heteroatoms. The van der Waals surface area contributed by atoms with Crippen LogP contribution < -0.4 is 22.5 Å². The lowest BCUT2D eigenvalue weighted by Gasteiger charge is -2.21. The Balaban J connectivity index is 0.00000676. The molecule has 0 amide bonds. The molecule has 0 aliphatic carbocycles. The summed E-state index contributed by atoms with van der Waals surface area (Å²) < 4.78 is 80.5. The van der Waals surface area contributed by atoms with E-state index in [1.807, 2.05) is 9.97 Å². The first-order chi connectivity index (χ1) is 22.5. The van der Waals surface area contributed by atoms with Crippen LogP contribution in [-0.2, 0) is 49.7 Å². The molecule has 2 aromatic heterocycles. The number of phosphoric ester groups is 2. The van der Waals surface area contributed by atoms with Crippen LogP contribution in [0.15, 0.2) is 43.7 Å². The van der Waals surface area contributed by atoms with Crippen LogP contribution in [0, 0.1) is 0 Å². The third kappa shape index (κ3) is 10.4. The molecule has 2 saturated heterocycles. The maximum atomic E-state index is 12.2. The van der Waals surface area contributed by atoms with Crippen molar-refractivity contribution in [3.8, 4) is 0 Å². The molecule has 27 nitrogen and oxygen atoms in total. The fourth-order valence-electron chi connectivity index (χ4n) is 4.25. The predicted molar refractivity (Wildman–Crippen MR) is 156 cm³/mol. The summed E-state index contributed by atoms with van der Waals surface area (Å²) in [7, 11) is -24.1. The van der Waals surface area contributed by atoms with Crippen LogP contribution >= 0.6 is 31.3 Å². The highest BCUT2D eigenvalue weighted by atomic mass is 31.3. The average molecular weight is 806 g/mol. The molecule has 0 aromatic carbocycles. The van der Waals surface area contributed by atoms with Crippen LogP contribution in [0.3, 0.4) is 0 Å². The minimum absolute atomic E-state index is 0. The smallest absolute Gasteiger partial charge is 0.387 e. The number of H-pyrrole nitrogens is 2. The molecule has 284 valence electrons. The number of rotatable bonds is 14. The Morgan fingerprint density at radius 3 is 1.24 bits per heavy atom. The predicted octanol–water partition coefficient (Wildman–Crippen LogP) is -3.55. The molecule has 4 unspecified atom stereocenters. The zero-order chi connectivity index (χ0) is 36.7. The van der Waals surface area contributed by atoms with Crippen LogP contribution in [0.25, 0.3) is 0 Å². The number of nitrogens with one attached hydrogen (secondary N) is 2. The van der Waals surface area contributed by atoms with Crippen molar-refractivity contribution >= 4 is 31.3 Å². The fourth-order valence-corrected chi connectivity index (χ4v) is 9.20. The summed E-state index contributed by atoms with van der Waals surface area (Å²) in [4.78, 5) is 89.1. The molecule has 0 bridgehead atoms. The van der Waals surface area contributed by atoms with Crippen molar-refractivity contribution in [3.05, 3.63) is 66.2 Å². The topological polar surface area (TPSA) is 404 Å². The fraction of sp³-hybridized carbons (Fsp3) is 0.579. The van der Waals surface area contributed by atoms with Gasteiger partial charge in [0.05, 0.1) is 13.2 Å². The Kier molecular flexibility index (Phi) is 13.2. The lowest BCUT2D eigenvalue weighted by Crippen LogP contribution is -2.37. The third-order valence-corrected chi connectivity index (χ3v) is 12.3. The van der Waals surface area contributed by atoms with E-state index in [9.17, 15) is 77.4 Å². The Labute approximate surface area is 276 Å². The summed E-state index contributed by atoms with van der Waals surface area (Å²) >= 11 is 0. The van der Waals surface area contributed by atoms with Gasteiger partial charge in [-0.3, -0.25) is 37.7 Å². The van der Waals surface area contributed by atoms with Crippen molar-refractivity contribution < 1.29 is 89.7 Å². The molecule has 2 aliphatic heterocycles. The summed E-state index contributed by atoms with van der Waals surface area (Å²) in [6.45, 7) is -2.43. The number of aromatic nitrogens is 4. The van der Waals surface area contributed by atoms with E-state index < -0.39 is 116 Å². The average Bonchev–Trinajstić information content (AvgIpc) is 3.38. The number of aliphatic hydroxyl groups excluding tert-OH is 4. The number of phosphoric acid groups is 4. The number of hydrogen-bond acceptors (Lipinski definition) is 19. The van der Waals surface area contributed by atoms with Crippen molar-refractivity contribution in [2.75, 3.05) is 13.2 Å². The number of ether oxygens (including phenoxy) is 2.